The molecule has 1 aliphatic heterocycles. The Balaban J connectivity index is 2.05. The molecule has 2 rings (SSSR count). The maximum absolute atomic E-state index is 13.4. The van der Waals surface area contributed by atoms with Gasteiger partial charge in [0.25, 0.3) is 5.91 Å². The van der Waals surface area contributed by atoms with E-state index in [1.54, 1.807) is 4.90 Å². The molecular weight excluding hydrogens is 259 g/mol. The van der Waals surface area contributed by atoms with E-state index in [1.165, 1.54) is 25.3 Å². The summed E-state index contributed by atoms with van der Waals surface area (Å²) >= 11 is 0. The van der Waals surface area contributed by atoms with Crippen molar-refractivity contribution < 1.29 is 13.9 Å². The number of rotatable bonds is 3. The van der Waals surface area contributed by atoms with E-state index < -0.39 is 5.82 Å². The summed E-state index contributed by atoms with van der Waals surface area (Å²) in [6, 6.07) is 4.38. The molecule has 1 heterocycles. The van der Waals surface area contributed by atoms with Gasteiger partial charge in [-0.25, -0.2) is 4.39 Å². The van der Waals surface area contributed by atoms with Gasteiger partial charge >= 0.3 is 0 Å². The van der Waals surface area contributed by atoms with Crippen molar-refractivity contribution in [3.63, 3.8) is 0 Å². The summed E-state index contributed by atoms with van der Waals surface area (Å²) in [6.45, 7) is 3.41. The monoisotopic (exact) mass is 280 g/mol. The number of hydrogen-bond donors (Lipinski definition) is 1. The maximum Gasteiger partial charge on any atom is 0.253 e. The quantitative estimate of drug-likeness (QED) is 0.921. The number of amides is 1. The van der Waals surface area contributed by atoms with Crippen LogP contribution >= 0.6 is 0 Å². The van der Waals surface area contributed by atoms with Crippen LogP contribution in [0.2, 0.25) is 0 Å². The molecule has 5 heteroatoms. The van der Waals surface area contributed by atoms with Gasteiger partial charge in [-0.15, -0.1) is 0 Å². The van der Waals surface area contributed by atoms with Crippen LogP contribution in [0.15, 0.2) is 18.2 Å². The highest BCUT2D eigenvalue weighted by atomic mass is 19.1. The molecule has 1 aromatic carbocycles. The maximum atomic E-state index is 13.4. The average molecular weight is 280 g/mol. The van der Waals surface area contributed by atoms with Crippen LogP contribution in [-0.4, -0.2) is 37.0 Å². The fraction of sp³-hybridized carbons (Fsp3) is 0.533. The summed E-state index contributed by atoms with van der Waals surface area (Å²) in [5.74, 6) is 0.0364. The van der Waals surface area contributed by atoms with Gasteiger partial charge in [-0.3, -0.25) is 4.79 Å². The van der Waals surface area contributed by atoms with Crippen molar-refractivity contribution >= 4 is 5.91 Å². The summed E-state index contributed by atoms with van der Waals surface area (Å²) in [6.07, 6.45) is 1.84. The van der Waals surface area contributed by atoms with Crippen LogP contribution in [0.25, 0.3) is 0 Å². The molecule has 1 saturated heterocycles. The van der Waals surface area contributed by atoms with Crippen LogP contribution in [0.3, 0.4) is 0 Å². The smallest absolute Gasteiger partial charge is 0.253 e. The van der Waals surface area contributed by atoms with Crippen molar-refractivity contribution in [1.29, 1.82) is 0 Å². The fourth-order valence-electron chi connectivity index (χ4n) is 2.60. The van der Waals surface area contributed by atoms with E-state index in [9.17, 15) is 9.18 Å². The highest BCUT2D eigenvalue weighted by molar-refractivity contribution is 5.94. The van der Waals surface area contributed by atoms with Crippen LogP contribution in [0.5, 0.6) is 5.75 Å². The van der Waals surface area contributed by atoms with Gasteiger partial charge in [0.2, 0.25) is 0 Å². The number of benzene rings is 1. The molecule has 2 N–H and O–H groups in total. The molecule has 1 aromatic rings. The van der Waals surface area contributed by atoms with E-state index in [2.05, 4.69) is 0 Å². The van der Waals surface area contributed by atoms with Crippen molar-refractivity contribution in [2.45, 2.75) is 25.8 Å². The van der Waals surface area contributed by atoms with E-state index in [4.69, 9.17) is 10.5 Å². The number of carbonyl (C=O) groups is 1. The fourth-order valence-corrected chi connectivity index (χ4v) is 2.60. The van der Waals surface area contributed by atoms with Crippen LogP contribution in [0.4, 0.5) is 4.39 Å². The molecule has 4 nitrogen and oxygen atoms in total. The zero-order valence-corrected chi connectivity index (χ0v) is 11.9. The molecule has 0 radical (unpaired) electrons. The van der Waals surface area contributed by atoms with Crippen molar-refractivity contribution in [1.82, 2.24) is 4.90 Å². The molecule has 0 saturated carbocycles. The second-order valence-electron chi connectivity index (χ2n) is 5.34. The molecule has 1 atom stereocenters. The van der Waals surface area contributed by atoms with Gasteiger partial charge in [-0.1, -0.05) is 0 Å². The largest absolute Gasteiger partial charge is 0.494 e. The van der Waals surface area contributed by atoms with Gasteiger partial charge in [-0.05, 0) is 43.9 Å². The minimum absolute atomic E-state index is 0.0774. The average Bonchev–Trinajstić information content (AvgIpc) is 2.47. The van der Waals surface area contributed by atoms with Gasteiger partial charge < -0.3 is 15.4 Å². The molecule has 1 amide bonds. The van der Waals surface area contributed by atoms with Crippen molar-refractivity contribution in [3.05, 3.63) is 29.6 Å². The first-order chi connectivity index (χ1) is 9.52. The summed E-state index contributed by atoms with van der Waals surface area (Å²) in [5, 5.41) is 0. The number of likely N-dealkylation sites (tertiary alicyclic amines) is 1. The Morgan fingerprint density at radius 1 is 1.45 bits per heavy atom. The number of nitrogens with zero attached hydrogens (tertiary/aromatic N) is 1. The van der Waals surface area contributed by atoms with Crippen LogP contribution in [-0.2, 0) is 0 Å². The first-order valence-electron chi connectivity index (χ1n) is 6.91. The first kappa shape index (κ1) is 14.8. The lowest BCUT2D eigenvalue weighted by Crippen LogP contribution is -2.42. The van der Waals surface area contributed by atoms with Gasteiger partial charge in [0.15, 0.2) is 11.6 Å². The topological polar surface area (TPSA) is 55.6 Å². The Kier molecular flexibility index (Phi) is 4.60. The SMILES string of the molecule is COc1cc(C(=O)N2CCC(C(C)N)CC2)ccc1F. The standard InChI is InChI=1S/C15H21FN2O2/c1-10(17)11-5-7-18(8-6-11)15(19)12-3-4-13(16)14(9-12)20-2/h3-4,9-11H,5-8,17H2,1-2H3. The number of carbonyl (C=O) groups excluding carboxylic acids is 1. The Hall–Kier alpha value is -1.62. The summed E-state index contributed by atoms with van der Waals surface area (Å²) in [4.78, 5) is 14.2. The zero-order chi connectivity index (χ0) is 14.7. The van der Waals surface area contributed by atoms with Gasteiger partial charge in [0.05, 0.1) is 7.11 Å². The predicted molar refractivity (Wildman–Crippen MR) is 75.2 cm³/mol. The number of ether oxygens (including phenoxy) is 1. The van der Waals surface area contributed by atoms with Gasteiger partial charge in [0, 0.05) is 24.7 Å². The highest BCUT2D eigenvalue weighted by Crippen LogP contribution is 2.23. The minimum atomic E-state index is -0.459. The van der Waals surface area contributed by atoms with Crippen LogP contribution < -0.4 is 10.5 Å². The molecule has 0 spiro atoms. The Morgan fingerprint density at radius 3 is 2.65 bits per heavy atom. The van der Waals surface area contributed by atoms with E-state index >= 15 is 0 Å². The molecule has 1 unspecified atom stereocenters. The van der Waals surface area contributed by atoms with E-state index in [0.717, 1.165) is 12.8 Å². The second kappa shape index (κ2) is 6.22. The number of nitrogens with two attached hydrogens (primary N) is 1. The first-order valence-corrected chi connectivity index (χ1v) is 6.91. The number of hydrogen-bond acceptors (Lipinski definition) is 3. The number of methoxy groups -OCH3 is 1. The Morgan fingerprint density at radius 2 is 2.10 bits per heavy atom. The molecule has 0 aliphatic carbocycles. The molecule has 0 aromatic heterocycles. The normalized spacial score (nSPS) is 17.9. The van der Waals surface area contributed by atoms with Gasteiger partial charge in [0.1, 0.15) is 0 Å². The third-order valence-corrected chi connectivity index (χ3v) is 3.97. The van der Waals surface area contributed by atoms with E-state index in [0.29, 0.717) is 24.6 Å². The third kappa shape index (κ3) is 3.10. The van der Waals surface area contributed by atoms with E-state index in [1.807, 2.05) is 6.92 Å². The van der Waals surface area contributed by atoms with Crippen molar-refractivity contribution in [2.24, 2.45) is 11.7 Å². The molecule has 1 fully saturated rings. The predicted octanol–water partition coefficient (Wildman–Crippen LogP) is 2.03. The Labute approximate surface area is 118 Å². The summed E-state index contributed by atoms with van der Waals surface area (Å²) in [7, 11) is 1.39. The van der Waals surface area contributed by atoms with Gasteiger partial charge in [-0.2, -0.15) is 0 Å². The van der Waals surface area contributed by atoms with Crippen LogP contribution in [0.1, 0.15) is 30.1 Å². The summed E-state index contributed by atoms with van der Waals surface area (Å²) < 4.78 is 18.3. The summed E-state index contributed by atoms with van der Waals surface area (Å²) in [5.41, 5.74) is 6.35. The lowest BCUT2D eigenvalue weighted by Gasteiger charge is -2.33. The second-order valence-corrected chi connectivity index (χ2v) is 5.34. The molecule has 110 valence electrons. The molecule has 1 aliphatic rings. The number of piperidine rings is 1. The van der Waals surface area contributed by atoms with Crippen molar-refractivity contribution in [3.8, 4) is 5.75 Å². The minimum Gasteiger partial charge on any atom is -0.494 e. The molecule has 20 heavy (non-hydrogen) atoms. The molecular formula is C15H21FN2O2. The lowest BCUT2D eigenvalue weighted by atomic mass is 9.90. The molecule has 0 bridgehead atoms. The lowest BCUT2D eigenvalue weighted by molar-refractivity contribution is 0.0680. The third-order valence-electron chi connectivity index (χ3n) is 3.97. The number of halogens is 1. The Bertz CT molecular complexity index is 483. The van der Waals surface area contributed by atoms with E-state index in [-0.39, 0.29) is 17.7 Å². The zero-order valence-electron chi connectivity index (χ0n) is 11.9. The van der Waals surface area contributed by atoms with Crippen LogP contribution in [0, 0.1) is 11.7 Å². The van der Waals surface area contributed by atoms with Crippen molar-refractivity contribution in [2.75, 3.05) is 20.2 Å². The highest BCUT2D eigenvalue weighted by Gasteiger charge is 2.25.